The SMILES string of the molecule is CC1CCCC(CNCc2cccc(F)c2O)C1. The first kappa shape index (κ1) is 13.3. The highest BCUT2D eigenvalue weighted by atomic mass is 19.1. The number of benzene rings is 1. The summed E-state index contributed by atoms with van der Waals surface area (Å²) in [5.74, 6) is 0.792. The van der Waals surface area contributed by atoms with Crippen molar-refractivity contribution in [2.75, 3.05) is 6.54 Å². The maximum Gasteiger partial charge on any atom is 0.165 e. The lowest BCUT2D eigenvalue weighted by molar-refractivity contribution is 0.273. The van der Waals surface area contributed by atoms with Crippen LogP contribution in [0, 0.1) is 17.7 Å². The Morgan fingerprint density at radius 1 is 1.39 bits per heavy atom. The second-order valence-electron chi connectivity index (χ2n) is 5.52. The molecule has 1 saturated carbocycles. The quantitative estimate of drug-likeness (QED) is 0.859. The van der Waals surface area contributed by atoms with Gasteiger partial charge in [0.05, 0.1) is 0 Å². The Bertz CT molecular complexity index is 394. The molecule has 2 N–H and O–H groups in total. The normalized spacial score (nSPS) is 24.1. The van der Waals surface area contributed by atoms with Gasteiger partial charge >= 0.3 is 0 Å². The lowest BCUT2D eigenvalue weighted by Gasteiger charge is -2.26. The summed E-state index contributed by atoms with van der Waals surface area (Å²) < 4.78 is 13.1. The van der Waals surface area contributed by atoms with Crippen molar-refractivity contribution in [3.05, 3.63) is 29.6 Å². The molecule has 0 amide bonds. The number of phenols is 1. The largest absolute Gasteiger partial charge is 0.505 e. The average molecular weight is 251 g/mol. The Hall–Kier alpha value is -1.09. The number of aromatic hydroxyl groups is 1. The smallest absolute Gasteiger partial charge is 0.165 e. The van der Waals surface area contributed by atoms with E-state index in [9.17, 15) is 9.50 Å². The zero-order valence-corrected chi connectivity index (χ0v) is 11.0. The Labute approximate surface area is 108 Å². The minimum absolute atomic E-state index is 0.220. The van der Waals surface area contributed by atoms with Crippen LogP contribution in [-0.2, 0) is 6.54 Å². The summed E-state index contributed by atoms with van der Waals surface area (Å²) >= 11 is 0. The predicted octanol–water partition coefficient (Wildman–Crippen LogP) is 3.45. The van der Waals surface area contributed by atoms with Gasteiger partial charge in [0.1, 0.15) is 0 Å². The molecule has 0 spiro atoms. The second-order valence-corrected chi connectivity index (χ2v) is 5.52. The number of rotatable bonds is 4. The summed E-state index contributed by atoms with van der Waals surface area (Å²) in [7, 11) is 0. The van der Waals surface area contributed by atoms with Gasteiger partial charge in [0.25, 0.3) is 0 Å². The van der Waals surface area contributed by atoms with E-state index in [1.54, 1.807) is 12.1 Å². The first-order valence-electron chi connectivity index (χ1n) is 6.84. The van der Waals surface area contributed by atoms with Crippen molar-refractivity contribution in [3.63, 3.8) is 0 Å². The molecule has 1 aliphatic rings. The lowest BCUT2D eigenvalue weighted by Crippen LogP contribution is -2.26. The number of nitrogens with one attached hydrogen (secondary N) is 1. The third-order valence-electron chi connectivity index (χ3n) is 3.86. The molecule has 0 radical (unpaired) electrons. The van der Waals surface area contributed by atoms with Crippen LogP contribution in [0.3, 0.4) is 0 Å². The van der Waals surface area contributed by atoms with Gasteiger partial charge < -0.3 is 10.4 Å². The van der Waals surface area contributed by atoms with E-state index < -0.39 is 5.82 Å². The van der Waals surface area contributed by atoms with Crippen molar-refractivity contribution >= 4 is 0 Å². The summed E-state index contributed by atoms with van der Waals surface area (Å²) in [6, 6.07) is 4.67. The van der Waals surface area contributed by atoms with Crippen LogP contribution in [0.25, 0.3) is 0 Å². The molecule has 3 heteroatoms. The summed E-state index contributed by atoms with van der Waals surface area (Å²) in [6.07, 6.45) is 5.23. The maximum absolute atomic E-state index is 13.1. The van der Waals surface area contributed by atoms with E-state index >= 15 is 0 Å². The Morgan fingerprint density at radius 3 is 3.00 bits per heavy atom. The molecule has 0 bridgehead atoms. The van der Waals surface area contributed by atoms with E-state index in [4.69, 9.17) is 0 Å². The van der Waals surface area contributed by atoms with E-state index in [0.29, 0.717) is 12.1 Å². The molecule has 0 aromatic heterocycles. The Kier molecular flexibility index (Phi) is 4.59. The fourth-order valence-electron chi connectivity index (χ4n) is 2.86. The molecule has 1 fully saturated rings. The molecule has 2 rings (SSSR count). The Balaban J connectivity index is 1.79. The standard InChI is InChI=1S/C15H22FNO/c1-11-4-2-5-12(8-11)9-17-10-13-6-3-7-14(16)15(13)18/h3,6-7,11-12,17-18H,2,4-5,8-10H2,1H3. The zero-order valence-electron chi connectivity index (χ0n) is 11.0. The average Bonchev–Trinajstić information content (AvgIpc) is 2.35. The molecule has 2 atom stereocenters. The van der Waals surface area contributed by atoms with Gasteiger partial charge in [0, 0.05) is 12.1 Å². The van der Waals surface area contributed by atoms with Crippen molar-refractivity contribution in [1.82, 2.24) is 5.32 Å². The predicted molar refractivity (Wildman–Crippen MR) is 70.9 cm³/mol. The number of para-hydroxylation sites is 1. The van der Waals surface area contributed by atoms with Crippen LogP contribution in [0.2, 0.25) is 0 Å². The molecule has 1 aromatic carbocycles. The van der Waals surface area contributed by atoms with Crippen molar-refractivity contribution in [1.29, 1.82) is 0 Å². The number of hydrogen-bond donors (Lipinski definition) is 2. The van der Waals surface area contributed by atoms with Crippen LogP contribution in [-0.4, -0.2) is 11.7 Å². The fraction of sp³-hybridized carbons (Fsp3) is 0.600. The van der Waals surface area contributed by atoms with Crippen LogP contribution in [0.15, 0.2) is 18.2 Å². The van der Waals surface area contributed by atoms with Crippen molar-refractivity contribution < 1.29 is 9.50 Å². The molecule has 2 unspecified atom stereocenters. The molecule has 2 nitrogen and oxygen atoms in total. The first-order chi connectivity index (χ1) is 8.66. The molecular weight excluding hydrogens is 229 g/mol. The van der Waals surface area contributed by atoms with Gasteiger partial charge in [0.15, 0.2) is 11.6 Å². The zero-order chi connectivity index (χ0) is 13.0. The molecule has 1 aromatic rings. The van der Waals surface area contributed by atoms with E-state index in [0.717, 1.165) is 18.4 Å². The molecule has 18 heavy (non-hydrogen) atoms. The van der Waals surface area contributed by atoms with Gasteiger partial charge in [-0.15, -0.1) is 0 Å². The first-order valence-corrected chi connectivity index (χ1v) is 6.84. The van der Waals surface area contributed by atoms with Gasteiger partial charge in [0.2, 0.25) is 0 Å². The van der Waals surface area contributed by atoms with Gasteiger partial charge in [-0.25, -0.2) is 4.39 Å². The number of phenolic OH excluding ortho intramolecular Hbond substituents is 1. The summed E-state index contributed by atoms with van der Waals surface area (Å²) in [5, 5.41) is 12.9. The van der Waals surface area contributed by atoms with E-state index in [1.807, 2.05) is 0 Å². The van der Waals surface area contributed by atoms with E-state index in [2.05, 4.69) is 12.2 Å². The number of halogens is 1. The van der Waals surface area contributed by atoms with E-state index in [-0.39, 0.29) is 5.75 Å². The van der Waals surface area contributed by atoms with Crippen LogP contribution in [0.4, 0.5) is 4.39 Å². The summed E-state index contributed by atoms with van der Waals surface area (Å²) in [6.45, 7) is 3.80. The fourth-order valence-corrected chi connectivity index (χ4v) is 2.86. The van der Waals surface area contributed by atoms with Crippen LogP contribution < -0.4 is 5.32 Å². The van der Waals surface area contributed by atoms with Crippen LogP contribution in [0.5, 0.6) is 5.75 Å². The molecule has 1 aliphatic carbocycles. The highest BCUT2D eigenvalue weighted by Crippen LogP contribution is 2.28. The molecular formula is C15H22FNO. The third kappa shape index (κ3) is 3.45. The van der Waals surface area contributed by atoms with E-state index in [1.165, 1.54) is 31.7 Å². The molecule has 0 heterocycles. The molecule has 0 aliphatic heterocycles. The van der Waals surface area contributed by atoms with Gasteiger partial charge in [-0.1, -0.05) is 31.9 Å². The monoisotopic (exact) mass is 251 g/mol. The number of hydrogen-bond acceptors (Lipinski definition) is 2. The van der Waals surface area contributed by atoms with Crippen LogP contribution >= 0.6 is 0 Å². The van der Waals surface area contributed by atoms with Crippen molar-refractivity contribution in [3.8, 4) is 5.75 Å². The second kappa shape index (κ2) is 6.19. The third-order valence-corrected chi connectivity index (χ3v) is 3.86. The van der Waals surface area contributed by atoms with Crippen LogP contribution in [0.1, 0.15) is 38.2 Å². The highest BCUT2D eigenvalue weighted by molar-refractivity contribution is 5.33. The summed E-state index contributed by atoms with van der Waals surface area (Å²) in [4.78, 5) is 0. The maximum atomic E-state index is 13.1. The van der Waals surface area contributed by atoms with Gasteiger partial charge in [-0.3, -0.25) is 0 Å². The molecule has 0 saturated heterocycles. The minimum atomic E-state index is -0.541. The topological polar surface area (TPSA) is 32.3 Å². The van der Waals surface area contributed by atoms with Crippen molar-refractivity contribution in [2.45, 2.75) is 39.2 Å². The minimum Gasteiger partial charge on any atom is -0.505 e. The summed E-state index contributed by atoms with van der Waals surface area (Å²) in [5.41, 5.74) is 0.638. The Morgan fingerprint density at radius 2 is 2.22 bits per heavy atom. The van der Waals surface area contributed by atoms with Crippen molar-refractivity contribution in [2.24, 2.45) is 11.8 Å². The van der Waals surface area contributed by atoms with Gasteiger partial charge in [-0.05, 0) is 37.3 Å². The highest BCUT2D eigenvalue weighted by Gasteiger charge is 2.18. The van der Waals surface area contributed by atoms with Gasteiger partial charge in [-0.2, -0.15) is 0 Å². The lowest BCUT2D eigenvalue weighted by atomic mass is 9.82. The molecule has 100 valence electrons.